The maximum atomic E-state index is 12.5. The van der Waals surface area contributed by atoms with Crippen molar-refractivity contribution in [2.75, 3.05) is 24.9 Å². The summed E-state index contributed by atoms with van der Waals surface area (Å²) < 4.78 is 10.7. The van der Waals surface area contributed by atoms with E-state index in [1.54, 1.807) is 44.6 Å². The van der Waals surface area contributed by atoms with E-state index in [4.69, 9.17) is 21.1 Å². The third-order valence-corrected chi connectivity index (χ3v) is 4.96. The molecule has 3 aromatic carbocycles. The summed E-state index contributed by atoms with van der Waals surface area (Å²) in [5.74, 6) is 1.44. The van der Waals surface area contributed by atoms with E-state index in [9.17, 15) is 4.79 Å². The van der Waals surface area contributed by atoms with Crippen molar-refractivity contribution in [3.63, 3.8) is 0 Å². The number of nitrogens with one attached hydrogen (secondary N) is 2. The number of aromatic nitrogens is 2. The monoisotopic (exact) mass is 470 g/mol. The highest BCUT2D eigenvalue weighted by Gasteiger charge is 2.14. The zero-order chi connectivity index (χ0) is 21.8. The van der Waals surface area contributed by atoms with Crippen LogP contribution in [0, 0.1) is 0 Å². The minimum Gasteiger partial charge on any atom is -0.493 e. The molecule has 32 heavy (non-hydrogen) atoms. The minimum absolute atomic E-state index is 0. The molecular weight excluding hydrogens is 451 g/mol. The zero-order valence-corrected chi connectivity index (χ0v) is 18.8. The predicted octanol–water partition coefficient (Wildman–Crippen LogP) is 5.72. The van der Waals surface area contributed by atoms with E-state index in [1.165, 1.54) is 6.33 Å². The summed E-state index contributed by atoms with van der Waals surface area (Å²) in [6.45, 7) is 0. The highest BCUT2D eigenvalue weighted by atomic mass is 35.5. The van der Waals surface area contributed by atoms with Gasteiger partial charge in [0.15, 0.2) is 11.5 Å². The molecular formula is C23H20Cl2N4O3. The predicted molar refractivity (Wildman–Crippen MR) is 129 cm³/mol. The van der Waals surface area contributed by atoms with Gasteiger partial charge in [-0.05, 0) is 36.4 Å². The molecule has 0 atom stereocenters. The summed E-state index contributed by atoms with van der Waals surface area (Å²) in [4.78, 5) is 21.2. The number of benzene rings is 3. The van der Waals surface area contributed by atoms with Gasteiger partial charge in [0, 0.05) is 22.8 Å². The molecule has 1 amide bonds. The van der Waals surface area contributed by atoms with E-state index < -0.39 is 0 Å². The van der Waals surface area contributed by atoms with Crippen LogP contribution < -0.4 is 20.1 Å². The minimum atomic E-state index is -0.285. The van der Waals surface area contributed by atoms with Crippen LogP contribution in [0.25, 0.3) is 10.9 Å². The number of nitrogens with zero attached hydrogens (tertiary/aromatic N) is 2. The number of methoxy groups -OCH3 is 2. The molecule has 0 radical (unpaired) electrons. The second-order valence-electron chi connectivity index (χ2n) is 6.59. The molecule has 4 aromatic rings. The molecule has 0 aliphatic carbocycles. The summed E-state index contributed by atoms with van der Waals surface area (Å²) in [6, 6.07) is 17.9. The Morgan fingerprint density at radius 2 is 1.62 bits per heavy atom. The average Bonchev–Trinajstić information content (AvgIpc) is 2.79. The van der Waals surface area contributed by atoms with Crippen molar-refractivity contribution in [1.29, 1.82) is 0 Å². The molecule has 0 bridgehead atoms. The van der Waals surface area contributed by atoms with Gasteiger partial charge >= 0.3 is 0 Å². The van der Waals surface area contributed by atoms with E-state index in [-0.39, 0.29) is 18.3 Å². The molecule has 0 saturated carbocycles. The number of hydrogen-bond donors (Lipinski definition) is 2. The maximum absolute atomic E-state index is 12.5. The van der Waals surface area contributed by atoms with Crippen LogP contribution in [0.2, 0.25) is 5.02 Å². The van der Waals surface area contributed by atoms with Gasteiger partial charge in [-0.1, -0.05) is 29.8 Å². The summed E-state index contributed by atoms with van der Waals surface area (Å²) in [5.41, 5.74) is 2.44. The number of fused-ring (bicyclic) bond motifs is 1. The second-order valence-corrected chi connectivity index (χ2v) is 6.99. The van der Waals surface area contributed by atoms with Crippen LogP contribution in [0.3, 0.4) is 0 Å². The number of carbonyl (C=O) groups is 1. The summed E-state index contributed by atoms with van der Waals surface area (Å²) in [5, 5.41) is 7.12. The molecule has 0 aliphatic rings. The molecule has 4 rings (SSSR count). The third-order valence-electron chi connectivity index (χ3n) is 4.65. The Kier molecular flexibility index (Phi) is 7.35. The topological polar surface area (TPSA) is 85.4 Å². The van der Waals surface area contributed by atoms with Crippen LogP contribution in [0.4, 0.5) is 17.2 Å². The Balaban J connectivity index is 0.00000289. The lowest BCUT2D eigenvalue weighted by molar-refractivity contribution is 0.102. The fraction of sp³-hybridized carbons (Fsp3) is 0.0870. The first-order chi connectivity index (χ1) is 15.1. The molecule has 0 unspecified atom stereocenters. The number of amides is 1. The molecule has 0 aliphatic heterocycles. The van der Waals surface area contributed by atoms with E-state index in [2.05, 4.69) is 20.6 Å². The number of para-hydroxylation sites is 1. The average molecular weight is 471 g/mol. The Morgan fingerprint density at radius 3 is 2.31 bits per heavy atom. The van der Waals surface area contributed by atoms with Crippen molar-refractivity contribution in [3.8, 4) is 11.5 Å². The smallest absolute Gasteiger partial charge is 0.257 e. The molecule has 0 saturated heterocycles. The van der Waals surface area contributed by atoms with Crippen LogP contribution in [0.1, 0.15) is 10.4 Å². The van der Waals surface area contributed by atoms with Gasteiger partial charge in [0.1, 0.15) is 12.1 Å². The number of hydrogen-bond acceptors (Lipinski definition) is 6. The van der Waals surface area contributed by atoms with Crippen molar-refractivity contribution in [3.05, 3.63) is 77.6 Å². The van der Waals surface area contributed by atoms with Gasteiger partial charge in [-0.3, -0.25) is 4.79 Å². The van der Waals surface area contributed by atoms with Crippen LogP contribution in [-0.4, -0.2) is 30.1 Å². The Labute approximate surface area is 196 Å². The molecule has 164 valence electrons. The van der Waals surface area contributed by atoms with Crippen molar-refractivity contribution in [2.45, 2.75) is 0 Å². The molecule has 1 aromatic heterocycles. The number of ether oxygens (including phenoxy) is 2. The normalized spacial score (nSPS) is 10.2. The van der Waals surface area contributed by atoms with Gasteiger partial charge in [-0.15, -0.1) is 12.4 Å². The van der Waals surface area contributed by atoms with Crippen molar-refractivity contribution in [1.82, 2.24) is 9.97 Å². The molecule has 7 nitrogen and oxygen atoms in total. The fourth-order valence-electron chi connectivity index (χ4n) is 3.12. The lowest BCUT2D eigenvalue weighted by Gasteiger charge is -2.13. The van der Waals surface area contributed by atoms with Crippen LogP contribution in [0.5, 0.6) is 11.5 Å². The van der Waals surface area contributed by atoms with Crippen LogP contribution in [-0.2, 0) is 0 Å². The number of rotatable bonds is 6. The quantitative estimate of drug-likeness (QED) is 0.374. The van der Waals surface area contributed by atoms with E-state index in [1.807, 2.05) is 30.3 Å². The van der Waals surface area contributed by atoms with Gasteiger partial charge in [-0.2, -0.15) is 0 Å². The highest BCUT2D eigenvalue weighted by Crippen LogP contribution is 2.34. The second kappa shape index (κ2) is 10.2. The Bertz CT molecular complexity index is 1250. The van der Waals surface area contributed by atoms with E-state index >= 15 is 0 Å². The molecule has 1 heterocycles. The van der Waals surface area contributed by atoms with Gasteiger partial charge in [-0.25, -0.2) is 9.97 Å². The fourth-order valence-corrected chi connectivity index (χ4v) is 3.38. The Morgan fingerprint density at radius 1 is 0.906 bits per heavy atom. The summed E-state index contributed by atoms with van der Waals surface area (Å²) in [7, 11) is 3.14. The lowest BCUT2D eigenvalue weighted by atomic mass is 10.1. The van der Waals surface area contributed by atoms with Crippen molar-refractivity contribution < 1.29 is 14.3 Å². The third kappa shape index (κ3) is 4.85. The molecule has 9 heteroatoms. The largest absolute Gasteiger partial charge is 0.493 e. The van der Waals surface area contributed by atoms with E-state index in [0.717, 1.165) is 5.39 Å². The van der Waals surface area contributed by atoms with Crippen LogP contribution >= 0.6 is 24.0 Å². The first-order valence-electron chi connectivity index (χ1n) is 9.38. The highest BCUT2D eigenvalue weighted by molar-refractivity contribution is 6.34. The lowest BCUT2D eigenvalue weighted by Crippen LogP contribution is -2.12. The first kappa shape index (κ1) is 23.1. The summed E-state index contributed by atoms with van der Waals surface area (Å²) in [6.07, 6.45) is 1.46. The first-order valence-corrected chi connectivity index (χ1v) is 9.76. The summed E-state index contributed by atoms with van der Waals surface area (Å²) >= 11 is 6.39. The van der Waals surface area contributed by atoms with Gasteiger partial charge in [0.25, 0.3) is 5.91 Å². The SMILES string of the molecule is COc1cc2ncnc(Nc3ccc(C(=O)Nc4ccccc4)c(Cl)c3)c2cc1OC.Cl. The zero-order valence-electron chi connectivity index (χ0n) is 17.3. The van der Waals surface area contributed by atoms with Gasteiger partial charge in [0.2, 0.25) is 0 Å². The molecule has 0 fully saturated rings. The van der Waals surface area contributed by atoms with Crippen LogP contribution in [0.15, 0.2) is 67.0 Å². The van der Waals surface area contributed by atoms with Crippen molar-refractivity contribution in [2.24, 2.45) is 0 Å². The molecule has 2 N–H and O–H groups in total. The number of halogens is 2. The number of anilines is 3. The number of carbonyl (C=O) groups excluding carboxylic acids is 1. The van der Waals surface area contributed by atoms with Crippen molar-refractivity contribution >= 4 is 58.0 Å². The van der Waals surface area contributed by atoms with Gasteiger partial charge in [0.05, 0.1) is 30.3 Å². The standard InChI is InChI=1S/C23H19ClN4O3.ClH/c1-30-20-11-17-19(12-21(20)31-2)25-13-26-22(17)27-15-8-9-16(18(24)10-15)23(29)28-14-6-4-3-5-7-14;/h3-13H,1-2H3,(H,28,29)(H,25,26,27);1H. The molecule has 0 spiro atoms. The maximum Gasteiger partial charge on any atom is 0.257 e. The van der Waals surface area contributed by atoms with Gasteiger partial charge < -0.3 is 20.1 Å². The Hall–Kier alpha value is -3.55. The van der Waals surface area contributed by atoms with E-state index in [0.29, 0.717) is 44.8 Å².